The van der Waals surface area contributed by atoms with Crippen LogP contribution in [0.1, 0.15) is 30.9 Å². The van der Waals surface area contributed by atoms with Crippen LogP contribution in [0.25, 0.3) is 0 Å². The molecule has 33 heavy (non-hydrogen) atoms. The third-order valence-electron chi connectivity index (χ3n) is 5.53. The van der Waals surface area contributed by atoms with Crippen molar-refractivity contribution >= 4 is 21.8 Å². The van der Waals surface area contributed by atoms with E-state index in [0.717, 1.165) is 12.1 Å². The van der Waals surface area contributed by atoms with Gasteiger partial charge in [0.25, 0.3) is 0 Å². The average Bonchev–Trinajstić information content (AvgIpc) is 2.83. The van der Waals surface area contributed by atoms with Crippen molar-refractivity contribution in [1.29, 1.82) is 0 Å². The molecule has 2 atom stereocenters. The molecule has 178 valence electrons. The largest absolute Gasteiger partial charge is 0.387 e. The van der Waals surface area contributed by atoms with Gasteiger partial charge < -0.3 is 15.7 Å². The molecule has 1 aliphatic rings. The Morgan fingerprint density at radius 1 is 1.09 bits per heavy atom. The van der Waals surface area contributed by atoms with Gasteiger partial charge in [-0.05, 0) is 42.7 Å². The highest BCUT2D eigenvalue weighted by Crippen LogP contribution is 2.24. The summed E-state index contributed by atoms with van der Waals surface area (Å²) in [5.74, 6) is -1.68. The molecule has 0 aliphatic carbocycles. The Morgan fingerprint density at radius 3 is 2.48 bits per heavy atom. The second-order valence-corrected chi connectivity index (χ2v) is 9.87. The molecular formula is C23H28FN3O5S. The maximum Gasteiger partial charge on any atom is 0.243 e. The summed E-state index contributed by atoms with van der Waals surface area (Å²) >= 11 is 0. The van der Waals surface area contributed by atoms with Crippen molar-refractivity contribution in [2.24, 2.45) is 5.92 Å². The first-order valence-electron chi connectivity index (χ1n) is 10.8. The van der Waals surface area contributed by atoms with E-state index < -0.39 is 27.9 Å². The summed E-state index contributed by atoms with van der Waals surface area (Å²) in [6.07, 6.45) is 0.283. The van der Waals surface area contributed by atoms with Crippen molar-refractivity contribution < 1.29 is 27.5 Å². The zero-order valence-electron chi connectivity index (χ0n) is 18.1. The van der Waals surface area contributed by atoms with Gasteiger partial charge in [0.15, 0.2) is 0 Å². The zero-order chi connectivity index (χ0) is 23.8. The van der Waals surface area contributed by atoms with Crippen LogP contribution in [-0.2, 0) is 19.6 Å². The minimum atomic E-state index is -3.82. The Labute approximate surface area is 192 Å². The molecule has 0 aromatic heterocycles. The SMILES string of the molecule is O=C(CCNC(=O)C1CCCN(S(=O)(=O)c2ccc(F)cc2)C1)NCC(O)c1ccccc1. The molecule has 2 unspecified atom stereocenters. The first-order valence-corrected chi connectivity index (χ1v) is 12.2. The molecule has 3 N–H and O–H groups in total. The molecular weight excluding hydrogens is 449 g/mol. The summed E-state index contributed by atoms with van der Waals surface area (Å²) in [6, 6.07) is 13.6. The molecule has 3 rings (SSSR count). The third kappa shape index (κ3) is 6.83. The summed E-state index contributed by atoms with van der Waals surface area (Å²) in [6.45, 7) is 0.486. The Balaban J connectivity index is 1.43. The van der Waals surface area contributed by atoms with E-state index in [-0.39, 0.29) is 49.3 Å². The lowest BCUT2D eigenvalue weighted by molar-refractivity contribution is -0.126. The van der Waals surface area contributed by atoms with Gasteiger partial charge in [-0.25, -0.2) is 12.8 Å². The lowest BCUT2D eigenvalue weighted by Crippen LogP contribution is -2.45. The van der Waals surface area contributed by atoms with Gasteiger partial charge in [0.1, 0.15) is 5.82 Å². The second-order valence-electron chi connectivity index (χ2n) is 7.93. The number of sulfonamides is 1. The lowest BCUT2D eigenvalue weighted by atomic mass is 9.99. The monoisotopic (exact) mass is 477 g/mol. The molecule has 1 aliphatic heterocycles. The second kappa shape index (κ2) is 11.4. The molecule has 0 radical (unpaired) electrons. The standard InChI is InChI=1S/C23H28FN3O5S/c24-19-8-10-20(11-9-19)33(31,32)27-14-4-7-18(16-27)23(30)25-13-12-22(29)26-15-21(28)17-5-2-1-3-6-17/h1-3,5-6,8-11,18,21,28H,4,7,12-16H2,(H,25,30)(H,26,29). The van der Waals surface area contributed by atoms with Gasteiger partial charge in [-0.15, -0.1) is 0 Å². The molecule has 1 fully saturated rings. The van der Waals surface area contributed by atoms with Crippen LogP contribution < -0.4 is 10.6 Å². The number of nitrogens with one attached hydrogen (secondary N) is 2. The van der Waals surface area contributed by atoms with E-state index in [1.54, 1.807) is 24.3 Å². The minimum Gasteiger partial charge on any atom is -0.387 e. The molecule has 2 aromatic carbocycles. The van der Waals surface area contributed by atoms with Gasteiger partial charge in [0.2, 0.25) is 21.8 Å². The number of hydrogen-bond donors (Lipinski definition) is 3. The van der Waals surface area contributed by atoms with E-state index in [1.807, 2.05) is 6.07 Å². The first kappa shape index (κ1) is 24.8. The number of piperidine rings is 1. The predicted molar refractivity (Wildman–Crippen MR) is 120 cm³/mol. The van der Waals surface area contributed by atoms with Gasteiger partial charge in [-0.3, -0.25) is 9.59 Å². The number of benzene rings is 2. The molecule has 0 saturated carbocycles. The number of nitrogens with zero attached hydrogens (tertiary/aromatic N) is 1. The first-order chi connectivity index (χ1) is 15.8. The number of aliphatic hydroxyl groups is 1. The summed E-state index contributed by atoms with van der Waals surface area (Å²) in [5, 5.41) is 15.4. The Morgan fingerprint density at radius 2 is 1.79 bits per heavy atom. The zero-order valence-corrected chi connectivity index (χ0v) is 18.9. The van der Waals surface area contributed by atoms with Crippen molar-refractivity contribution in [3.63, 3.8) is 0 Å². The van der Waals surface area contributed by atoms with Crippen molar-refractivity contribution in [3.05, 3.63) is 66.0 Å². The molecule has 1 saturated heterocycles. The quantitative estimate of drug-likeness (QED) is 0.507. The van der Waals surface area contributed by atoms with Crippen LogP contribution in [0.5, 0.6) is 0 Å². The fraction of sp³-hybridized carbons (Fsp3) is 0.391. The maximum atomic E-state index is 13.1. The van der Waals surface area contributed by atoms with Crippen molar-refractivity contribution in [1.82, 2.24) is 14.9 Å². The average molecular weight is 478 g/mol. The third-order valence-corrected chi connectivity index (χ3v) is 7.41. The summed E-state index contributed by atoms with van der Waals surface area (Å²) in [7, 11) is -3.82. The van der Waals surface area contributed by atoms with Crippen molar-refractivity contribution in [3.8, 4) is 0 Å². The molecule has 1 heterocycles. The van der Waals surface area contributed by atoms with E-state index >= 15 is 0 Å². The van der Waals surface area contributed by atoms with Crippen LogP contribution in [0.4, 0.5) is 4.39 Å². The number of carbonyl (C=O) groups is 2. The molecule has 0 bridgehead atoms. The van der Waals surface area contributed by atoms with Crippen LogP contribution in [0, 0.1) is 11.7 Å². The van der Waals surface area contributed by atoms with Crippen LogP contribution >= 0.6 is 0 Å². The lowest BCUT2D eigenvalue weighted by Gasteiger charge is -2.31. The van der Waals surface area contributed by atoms with E-state index in [2.05, 4.69) is 10.6 Å². The topological polar surface area (TPSA) is 116 Å². The van der Waals surface area contributed by atoms with E-state index in [1.165, 1.54) is 16.4 Å². The van der Waals surface area contributed by atoms with Crippen LogP contribution in [0.2, 0.25) is 0 Å². The Bertz CT molecular complexity index is 1050. The van der Waals surface area contributed by atoms with Crippen molar-refractivity contribution in [2.75, 3.05) is 26.2 Å². The molecule has 2 amide bonds. The number of aliphatic hydroxyl groups excluding tert-OH is 1. The number of amides is 2. The number of hydrogen-bond acceptors (Lipinski definition) is 5. The van der Waals surface area contributed by atoms with Gasteiger partial charge in [-0.1, -0.05) is 30.3 Å². The van der Waals surface area contributed by atoms with Gasteiger partial charge >= 0.3 is 0 Å². The van der Waals surface area contributed by atoms with E-state index in [4.69, 9.17) is 0 Å². The van der Waals surface area contributed by atoms with Gasteiger partial charge in [-0.2, -0.15) is 4.31 Å². The highest BCUT2D eigenvalue weighted by Gasteiger charge is 2.33. The molecule has 10 heteroatoms. The van der Waals surface area contributed by atoms with Crippen LogP contribution in [-0.4, -0.2) is 55.8 Å². The van der Waals surface area contributed by atoms with Crippen LogP contribution in [0.3, 0.4) is 0 Å². The summed E-state index contributed by atoms with van der Waals surface area (Å²) in [5.41, 5.74) is 0.698. The van der Waals surface area contributed by atoms with Gasteiger partial charge in [0, 0.05) is 32.6 Å². The molecule has 8 nitrogen and oxygen atoms in total. The fourth-order valence-corrected chi connectivity index (χ4v) is 5.19. The Hall–Kier alpha value is -2.82. The number of rotatable bonds is 9. The normalized spacial score (nSPS) is 17.8. The number of halogens is 1. The molecule has 0 spiro atoms. The van der Waals surface area contributed by atoms with Crippen molar-refractivity contribution in [2.45, 2.75) is 30.3 Å². The Kier molecular flexibility index (Phi) is 8.54. The number of carbonyl (C=O) groups excluding carboxylic acids is 2. The highest BCUT2D eigenvalue weighted by molar-refractivity contribution is 7.89. The highest BCUT2D eigenvalue weighted by atomic mass is 32.2. The maximum absolute atomic E-state index is 13.1. The van der Waals surface area contributed by atoms with Gasteiger partial charge in [0.05, 0.1) is 16.9 Å². The minimum absolute atomic E-state index is 0.0145. The smallest absolute Gasteiger partial charge is 0.243 e. The fourth-order valence-electron chi connectivity index (χ4n) is 3.67. The van der Waals surface area contributed by atoms with Crippen LogP contribution in [0.15, 0.2) is 59.5 Å². The van der Waals surface area contributed by atoms with E-state index in [9.17, 15) is 27.5 Å². The summed E-state index contributed by atoms with van der Waals surface area (Å²) in [4.78, 5) is 24.5. The van der Waals surface area contributed by atoms with E-state index in [0.29, 0.717) is 18.4 Å². The molecule has 2 aromatic rings. The predicted octanol–water partition coefficient (Wildman–Crippen LogP) is 1.58. The summed E-state index contributed by atoms with van der Waals surface area (Å²) < 4.78 is 40.0.